The number of benzene rings is 1. The van der Waals surface area contributed by atoms with Crippen LogP contribution in [0.2, 0.25) is 0 Å². The van der Waals surface area contributed by atoms with Gasteiger partial charge < -0.3 is 5.32 Å². The number of carbonyl (C=O) groups is 1. The van der Waals surface area contributed by atoms with Gasteiger partial charge in [-0.25, -0.2) is 4.79 Å². The van der Waals surface area contributed by atoms with Crippen molar-refractivity contribution in [3.05, 3.63) is 41.6 Å². The summed E-state index contributed by atoms with van der Waals surface area (Å²) in [5, 5.41) is 13.2. The fourth-order valence-corrected chi connectivity index (χ4v) is 3.05. The molecule has 1 saturated heterocycles. The maximum atomic E-state index is 11.9. The molecule has 1 fully saturated rings. The second kappa shape index (κ2) is 7.44. The molecule has 2 N–H and O–H groups in total. The number of anilines is 1. The molecule has 1 aromatic carbocycles. The number of carbonyl (C=O) groups excluding carboxylic acids is 1. The topological polar surface area (TPSA) is 75.1 Å². The summed E-state index contributed by atoms with van der Waals surface area (Å²) in [4.78, 5) is 14.3. The molecule has 0 bridgehead atoms. The molecule has 3 rings (SSSR count). The minimum atomic E-state index is -0.229. The lowest BCUT2D eigenvalue weighted by Crippen LogP contribution is -2.34. The average molecular weight is 328 g/mol. The van der Waals surface area contributed by atoms with E-state index in [4.69, 9.17) is 0 Å². The number of hydrogen-bond acceptors (Lipinski definition) is 4. The molecule has 1 aliphatic heterocycles. The van der Waals surface area contributed by atoms with E-state index in [1.54, 1.807) is 17.9 Å². The fraction of sp³-hybridized carbons (Fsp3) is 0.471. The lowest BCUT2D eigenvalue weighted by Gasteiger charge is -2.17. The first-order valence-corrected chi connectivity index (χ1v) is 8.28. The van der Waals surface area contributed by atoms with Gasteiger partial charge in [-0.05, 0) is 36.9 Å². The van der Waals surface area contributed by atoms with Crippen molar-refractivity contribution in [3.63, 3.8) is 0 Å². The third kappa shape index (κ3) is 4.32. The monoisotopic (exact) mass is 328 g/mol. The van der Waals surface area contributed by atoms with Crippen molar-refractivity contribution in [3.8, 4) is 0 Å². The van der Waals surface area contributed by atoms with Gasteiger partial charge in [0.25, 0.3) is 0 Å². The standard InChI is InChI=1S/C17H24N6O/c1-13-5-3-4-6-15(13)11-23-8-7-14(10-23)9-18-17(24)19-16-12-22(2)21-20-16/h3-6,12,14H,7-11H2,1-2H3,(H2,18,19,24)/t14-/m1/s1. The molecular formula is C17H24N6O. The van der Waals surface area contributed by atoms with Crippen LogP contribution in [-0.2, 0) is 13.6 Å². The Hall–Kier alpha value is -2.41. The van der Waals surface area contributed by atoms with Gasteiger partial charge in [0.05, 0.1) is 6.20 Å². The van der Waals surface area contributed by atoms with Gasteiger partial charge in [0.2, 0.25) is 0 Å². The van der Waals surface area contributed by atoms with Crippen LogP contribution in [0.15, 0.2) is 30.5 Å². The summed E-state index contributed by atoms with van der Waals surface area (Å²) in [5.74, 6) is 0.948. The lowest BCUT2D eigenvalue weighted by atomic mass is 10.1. The van der Waals surface area contributed by atoms with Gasteiger partial charge in [-0.1, -0.05) is 29.5 Å². The van der Waals surface area contributed by atoms with E-state index in [2.05, 4.69) is 57.0 Å². The molecule has 2 amide bonds. The van der Waals surface area contributed by atoms with Gasteiger partial charge >= 0.3 is 6.03 Å². The first-order chi connectivity index (χ1) is 11.6. The molecule has 24 heavy (non-hydrogen) atoms. The van der Waals surface area contributed by atoms with Crippen LogP contribution in [0, 0.1) is 12.8 Å². The summed E-state index contributed by atoms with van der Waals surface area (Å²) >= 11 is 0. The van der Waals surface area contributed by atoms with Crippen LogP contribution in [0.3, 0.4) is 0 Å². The third-order valence-electron chi connectivity index (χ3n) is 4.42. The average Bonchev–Trinajstić information content (AvgIpc) is 3.17. The van der Waals surface area contributed by atoms with Crippen LogP contribution in [0.1, 0.15) is 17.5 Å². The molecule has 0 spiro atoms. The van der Waals surface area contributed by atoms with Crippen molar-refractivity contribution < 1.29 is 4.79 Å². The molecule has 1 atom stereocenters. The molecule has 0 unspecified atom stereocenters. The highest BCUT2D eigenvalue weighted by atomic mass is 16.2. The second-order valence-corrected chi connectivity index (χ2v) is 6.43. The number of nitrogens with one attached hydrogen (secondary N) is 2. The Morgan fingerprint density at radius 2 is 2.21 bits per heavy atom. The van der Waals surface area contributed by atoms with Crippen LogP contribution in [0.5, 0.6) is 0 Å². The maximum absolute atomic E-state index is 11.9. The van der Waals surface area contributed by atoms with E-state index in [0.717, 1.165) is 26.1 Å². The van der Waals surface area contributed by atoms with Crippen molar-refractivity contribution in [2.45, 2.75) is 19.9 Å². The highest BCUT2D eigenvalue weighted by Crippen LogP contribution is 2.19. The van der Waals surface area contributed by atoms with Gasteiger partial charge in [0, 0.05) is 26.7 Å². The van der Waals surface area contributed by atoms with Crippen molar-refractivity contribution in [2.75, 3.05) is 25.0 Å². The van der Waals surface area contributed by atoms with E-state index in [9.17, 15) is 4.79 Å². The molecule has 7 nitrogen and oxygen atoms in total. The Morgan fingerprint density at radius 1 is 1.38 bits per heavy atom. The number of amides is 2. The van der Waals surface area contributed by atoms with E-state index < -0.39 is 0 Å². The van der Waals surface area contributed by atoms with Gasteiger partial charge in [0.15, 0.2) is 5.82 Å². The first-order valence-electron chi connectivity index (χ1n) is 8.28. The first kappa shape index (κ1) is 16.4. The smallest absolute Gasteiger partial charge is 0.320 e. The SMILES string of the molecule is Cc1ccccc1CN1CC[C@H](CNC(=O)Nc2cn(C)nn2)C1. The Kier molecular flexibility index (Phi) is 5.10. The lowest BCUT2D eigenvalue weighted by molar-refractivity contribution is 0.249. The molecule has 0 aliphatic carbocycles. The third-order valence-corrected chi connectivity index (χ3v) is 4.42. The summed E-state index contributed by atoms with van der Waals surface area (Å²) in [6.07, 6.45) is 2.77. The quantitative estimate of drug-likeness (QED) is 0.877. The largest absolute Gasteiger partial charge is 0.338 e. The summed E-state index contributed by atoms with van der Waals surface area (Å²) in [6, 6.07) is 8.28. The minimum absolute atomic E-state index is 0.229. The number of rotatable bonds is 5. The fourth-order valence-electron chi connectivity index (χ4n) is 3.05. The zero-order valence-corrected chi connectivity index (χ0v) is 14.2. The van der Waals surface area contributed by atoms with Crippen LogP contribution in [0.25, 0.3) is 0 Å². The highest BCUT2D eigenvalue weighted by molar-refractivity contribution is 5.87. The molecule has 2 heterocycles. The van der Waals surface area contributed by atoms with Gasteiger partial charge in [0.1, 0.15) is 0 Å². The van der Waals surface area contributed by atoms with Crippen LogP contribution in [-0.4, -0.2) is 45.6 Å². The maximum Gasteiger partial charge on any atom is 0.320 e. The van der Waals surface area contributed by atoms with Gasteiger partial charge in [-0.15, -0.1) is 5.10 Å². The minimum Gasteiger partial charge on any atom is -0.338 e. The molecule has 7 heteroatoms. The summed E-state index contributed by atoms with van der Waals surface area (Å²) in [6.45, 7) is 5.90. The van der Waals surface area contributed by atoms with Crippen LogP contribution >= 0.6 is 0 Å². The Labute approximate surface area is 142 Å². The normalized spacial score (nSPS) is 17.8. The summed E-state index contributed by atoms with van der Waals surface area (Å²) < 4.78 is 1.55. The van der Waals surface area contributed by atoms with Gasteiger partial charge in [-0.3, -0.25) is 14.9 Å². The predicted molar refractivity (Wildman–Crippen MR) is 92.6 cm³/mol. The summed E-state index contributed by atoms with van der Waals surface area (Å²) in [5.41, 5.74) is 2.72. The molecule has 1 aromatic heterocycles. The zero-order valence-electron chi connectivity index (χ0n) is 14.2. The van der Waals surface area contributed by atoms with Crippen molar-refractivity contribution in [2.24, 2.45) is 13.0 Å². The Morgan fingerprint density at radius 3 is 2.96 bits per heavy atom. The van der Waals surface area contributed by atoms with E-state index in [-0.39, 0.29) is 6.03 Å². The molecular weight excluding hydrogens is 304 g/mol. The number of likely N-dealkylation sites (tertiary alicyclic amines) is 1. The van der Waals surface area contributed by atoms with Gasteiger partial charge in [-0.2, -0.15) is 0 Å². The molecule has 128 valence electrons. The molecule has 2 aromatic rings. The predicted octanol–water partition coefficient (Wildman–Crippen LogP) is 1.77. The summed E-state index contributed by atoms with van der Waals surface area (Å²) in [7, 11) is 1.76. The number of aryl methyl sites for hydroxylation is 2. The molecule has 1 aliphatic rings. The Balaban J connectivity index is 1.41. The number of nitrogens with zero attached hydrogens (tertiary/aromatic N) is 4. The van der Waals surface area contributed by atoms with E-state index >= 15 is 0 Å². The van der Waals surface area contributed by atoms with Crippen molar-refractivity contribution in [1.29, 1.82) is 0 Å². The highest BCUT2D eigenvalue weighted by Gasteiger charge is 2.23. The number of aromatic nitrogens is 3. The van der Waals surface area contributed by atoms with Crippen LogP contribution < -0.4 is 10.6 Å². The van der Waals surface area contributed by atoms with E-state index in [0.29, 0.717) is 18.3 Å². The number of urea groups is 1. The number of hydrogen-bond donors (Lipinski definition) is 2. The second-order valence-electron chi connectivity index (χ2n) is 6.43. The molecule has 0 saturated carbocycles. The Bertz CT molecular complexity index is 698. The van der Waals surface area contributed by atoms with Crippen LogP contribution in [0.4, 0.5) is 10.6 Å². The van der Waals surface area contributed by atoms with E-state index in [1.807, 2.05) is 0 Å². The van der Waals surface area contributed by atoms with Crippen molar-refractivity contribution in [1.82, 2.24) is 25.2 Å². The molecule has 0 radical (unpaired) electrons. The van der Waals surface area contributed by atoms with Crippen molar-refractivity contribution >= 4 is 11.8 Å². The van der Waals surface area contributed by atoms with E-state index in [1.165, 1.54) is 11.1 Å². The zero-order chi connectivity index (χ0) is 16.9.